The van der Waals surface area contributed by atoms with E-state index in [1.165, 1.54) is 16.3 Å². The molecular formula is C82H57N5O. The second-order valence-corrected chi connectivity index (χ2v) is 24.1. The van der Waals surface area contributed by atoms with Gasteiger partial charge in [-0.2, -0.15) is 0 Å². The summed E-state index contributed by atoms with van der Waals surface area (Å²) in [5, 5.41) is 4.67. The number of rotatable bonds is 8. The highest BCUT2D eigenvalue weighted by molar-refractivity contribution is 6.20. The smallest absolute Gasteiger partial charge is 0.269 e. The summed E-state index contributed by atoms with van der Waals surface area (Å²) in [6, 6.07) is 103. The minimum Gasteiger partial charge on any atom is -0.458 e. The van der Waals surface area contributed by atoms with Crippen LogP contribution in [0, 0.1) is 6.33 Å². The lowest BCUT2D eigenvalue weighted by Gasteiger charge is -2.21. The van der Waals surface area contributed by atoms with E-state index in [-0.39, 0.29) is 5.41 Å². The molecule has 0 saturated heterocycles. The number of imidazole rings is 1. The second kappa shape index (κ2) is 20.2. The van der Waals surface area contributed by atoms with Crippen molar-refractivity contribution < 1.29 is 9.30 Å². The molecule has 0 radical (unpaired) electrons. The number of hydrogen-bond donors (Lipinski definition) is 0. The third kappa shape index (κ3) is 8.24. The fourth-order valence-corrected chi connectivity index (χ4v) is 13.8. The Morgan fingerprint density at radius 1 is 0.375 bits per heavy atom. The van der Waals surface area contributed by atoms with Crippen LogP contribution in [0.2, 0.25) is 0 Å². The van der Waals surface area contributed by atoms with E-state index in [0.717, 1.165) is 139 Å². The molecule has 6 nitrogen and oxygen atoms in total. The van der Waals surface area contributed by atoms with Gasteiger partial charge in [0, 0.05) is 39.5 Å². The predicted octanol–water partition coefficient (Wildman–Crippen LogP) is 20.7. The van der Waals surface area contributed by atoms with Crippen LogP contribution in [0.4, 0.5) is 0 Å². The summed E-state index contributed by atoms with van der Waals surface area (Å²) in [6.07, 6.45) is 6.04. The average Bonchev–Trinajstić information content (AvgIpc) is 1.86. The summed E-state index contributed by atoms with van der Waals surface area (Å²) in [5.41, 5.74) is 24.2. The molecule has 0 aliphatic carbocycles. The molecule has 416 valence electrons. The Morgan fingerprint density at radius 3 is 1.69 bits per heavy atom. The molecule has 88 heavy (non-hydrogen) atoms. The molecule has 0 saturated carbocycles. The van der Waals surface area contributed by atoms with Crippen molar-refractivity contribution in [3.63, 3.8) is 0 Å². The highest BCUT2D eigenvalue weighted by atomic mass is 16.5. The number of fused-ring (bicyclic) bond motifs is 14. The Labute approximate surface area is 510 Å². The van der Waals surface area contributed by atoms with E-state index in [9.17, 15) is 0 Å². The van der Waals surface area contributed by atoms with Crippen LogP contribution in [0.3, 0.4) is 0 Å². The van der Waals surface area contributed by atoms with Gasteiger partial charge in [-0.1, -0.05) is 209 Å². The SMILES string of the molecule is CC(C)(C)c1ccnc(-n2c3ccccc3c3ccc(Oc4cccc(-n5[c-][n+]6c7c(cccc75)-c5ccccc5-c5ccc7c(c5-c5cccc(-c8cc(-c9ccccc9)cc(-c9ccccc9)c8)c5-6)c5ccccc5n7-c5ccccc5)c4)cc32)c1. The van der Waals surface area contributed by atoms with Gasteiger partial charge in [0.1, 0.15) is 17.3 Å². The molecule has 0 spiro atoms. The minimum atomic E-state index is -0.0462. The fraction of sp³-hybridized carbons (Fsp3) is 0.0488. The average molecular weight is 1130 g/mol. The van der Waals surface area contributed by atoms with Crippen molar-refractivity contribution in [1.29, 1.82) is 0 Å². The zero-order valence-electron chi connectivity index (χ0n) is 48.9. The number of aromatic nitrogens is 5. The number of benzene rings is 12. The number of pyridine rings is 1. The first-order valence-electron chi connectivity index (χ1n) is 30.2. The van der Waals surface area contributed by atoms with Crippen molar-refractivity contribution in [2.24, 2.45) is 0 Å². The third-order valence-corrected chi connectivity index (χ3v) is 17.8. The second-order valence-electron chi connectivity index (χ2n) is 24.1. The van der Waals surface area contributed by atoms with Crippen molar-refractivity contribution in [3.05, 3.63) is 303 Å². The first-order chi connectivity index (χ1) is 43.3. The van der Waals surface area contributed by atoms with Crippen molar-refractivity contribution in [1.82, 2.24) is 18.7 Å². The zero-order chi connectivity index (χ0) is 58.6. The monoisotopic (exact) mass is 1130 g/mol. The van der Waals surface area contributed by atoms with Crippen LogP contribution in [-0.4, -0.2) is 18.7 Å². The van der Waals surface area contributed by atoms with Gasteiger partial charge in [0.25, 0.3) is 6.33 Å². The first kappa shape index (κ1) is 51.1. The molecule has 4 aromatic heterocycles. The lowest BCUT2D eigenvalue weighted by atomic mass is 9.85. The van der Waals surface area contributed by atoms with Gasteiger partial charge in [0.05, 0.1) is 44.5 Å². The third-order valence-electron chi connectivity index (χ3n) is 17.8. The number of ether oxygens (including phenoxy) is 1. The van der Waals surface area contributed by atoms with E-state index in [1.807, 2.05) is 12.3 Å². The fourth-order valence-electron chi connectivity index (χ4n) is 13.8. The Hall–Kier alpha value is -11.3. The van der Waals surface area contributed by atoms with Crippen LogP contribution < -0.4 is 9.30 Å². The van der Waals surface area contributed by atoms with Gasteiger partial charge in [-0.15, -0.1) is 0 Å². The molecule has 0 unspecified atom stereocenters. The van der Waals surface area contributed by atoms with Gasteiger partial charge in [0.15, 0.2) is 0 Å². The van der Waals surface area contributed by atoms with Crippen molar-refractivity contribution in [3.8, 4) is 101 Å². The first-order valence-corrected chi connectivity index (χ1v) is 30.2. The molecule has 17 rings (SSSR count). The topological polar surface area (TPSA) is 40.8 Å². The lowest BCUT2D eigenvalue weighted by molar-refractivity contribution is -0.570. The highest BCUT2D eigenvalue weighted by Gasteiger charge is 2.30. The molecule has 0 fully saturated rings. The quantitative estimate of drug-likeness (QED) is 0.112. The van der Waals surface area contributed by atoms with Crippen LogP contribution in [0.15, 0.2) is 291 Å². The largest absolute Gasteiger partial charge is 0.458 e. The summed E-state index contributed by atoms with van der Waals surface area (Å²) >= 11 is 0. The van der Waals surface area contributed by atoms with Gasteiger partial charge in [-0.25, -0.2) is 4.98 Å². The van der Waals surface area contributed by atoms with Crippen molar-refractivity contribution >= 4 is 54.6 Å². The molecule has 12 aromatic carbocycles. The molecule has 6 heteroatoms. The van der Waals surface area contributed by atoms with E-state index in [0.29, 0.717) is 5.75 Å². The molecule has 0 atom stereocenters. The molecule has 16 aromatic rings. The Balaban J connectivity index is 0.919. The summed E-state index contributed by atoms with van der Waals surface area (Å²) < 4.78 is 16.3. The standard InChI is InChI=1S/C82H57N5O/c1-82(2,3)58-44-45-83-77(49-58)87-72-37-17-15-32-66(72)67-41-40-62(51-76(67)87)88-61-29-19-28-60(50-61)84-52-85-80-63(57-47-55(53-22-7-4-8-23-53)46-56(48-57)54-24-9-5-10-25-54)34-20-36-71(80)78-68(64-30-13-14-31-65(64)69-35-21-39-75(84)81(69)85)42-43-74-79(78)70-33-16-18-38-73(70)86(74)59-26-11-6-12-27-59/h4-51H,1-3H3. The van der Waals surface area contributed by atoms with Crippen LogP contribution in [0.5, 0.6) is 11.5 Å². The molecule has 0 N–H and O–H groups in total. The Morgan fingerprint density at radius 2 is 0.943 bits per heavy atom. The van der Waals surface area contributed by atoms with Crippen LogP contribution >= 0.6 is 0 Å². The van der Waals surface area contributed by atoms with E-state index in [1.54, 1.807) is 0 Å². The van der Waals surface area contributed by atoms with Crippen LogP contribution in [-0.2, 0) is 5.41 Å². The Kier molecular flexibility index (Phi) is 11.7. The normalized spacial score (nSPS) is 12.0. The highest BCUT2D eigenvalue weighted by Crippen LogP contribution is 2.51. The van der Waals surface area contributed by atoms with Gasteiger partial charge in [-0.3, -0.25) is 13.7 Å². The molecule has 0 bridgehead atoms. The molecule has 0 amide bonds. The van der Waals surface area contributed by atoms with E-state index in [4.69, 9.17) is 9.72 Å². The van der Waals surface area contributed by atoms with Gasteiger partial charge in [-0.05, 0) is 169 Å². The molecular weight excluding hydrogens is 1070 g/mol. The lowest BCUT2D eigenvalue weighted by Crippen LogP contribution is -2.32. The molecule has 1 aliphatic rings. The van der Waals surface area contributed by atoms with Crippen molar-refractivity contribution in [2.45, 2.75) is 26.2 Å². The van der Waals surface area contributed by atoms with E-state index in [2.05, 4.69) is 324 Å². The maximum Gasteiger partial charge on any atom is 0.269 e. The van der Waals surface area contributed by atoms with Crippen molar-refractivity contribution in [2.75, 3.05) is 0 Å². The van der Waals surface area contributed by atoms with Gasteiger partial charge < -0.3 is 9.30 Å². The number of para-hydroxylation sites is 5. The molecule has 5 heterocycles. The maximum absolute atomic E-state index is 7.01. The molecule has 1 aliphatic heterocycles. The number of hydrogen-bond acceptors (Lipinski definition) is 2. The van der Waals surface area contributed by atoms with Crippen LogP contribution in [0.1, 0.15) is 26.3 Å². The van der Waals surface area contributed by atoms with Gasteiger partial charge in [0.2, 0.25) is 0 Å². The summed E-state index contributed by atoms with van der Waals surface area (Å²) in [7, 11) is 0. The number of nitrogens with zero attached hydrogens (tertiary/aromatic N) is 5. The summed E-state index contributed by atoms with van der Waals surface area (Å²) in [4.78, 5) is 4.96. The maximum atomic E-state index is 7.01. The Bertz CT molecular complexity index is 5390. The zero-order valence-corrected chi connectivity index (χ0v) is 48.9. The van der Waals surface area contributed by atoms with E-state index >= 15 is 0 Å². The summed E-state index contributed by atoms with van der Waals surface area (Å²) in [5.74, 6) is 2.30. The van der Waals surface area contributed by atoms with E-state index < -0.39 is 0 Å². The minimum absolute atomic E-state index is 0.0462. The summed E-state index contributed by atoms with van der Waals surface area (Å²) in [6.45, 7) is 6.73. The van der Waals surface area contributed by atoms with Crippen LogP contribution in [0.25, 0.3) is 144 Å². The predicted molar refractivity (Wildman–Crippen MR) is 362 cm³/mol. The van der Waals surface area contributed by atoms with Gasteiger partial charge >= 0.3 is 0 Å².